The molecule has 10 heavy (non-hydrogen) atoms. The predicted octanol–water partition coefficient (Wildman–Crippen LogP) is 0.258. The van der Waals surface area contributed by atoms with Crippen molar-refractivity contribution in [1.29, 1.82) is 0 Å². The monoisotopic (exact) mass is 264 g/mol. The maximum atomic E-state index is 4.06. The summed E-state index contributed by atoms with van der Waals surface area (Å²) in [6, 6.07) is 0. The van der Waals surface area contributed by atoms with Crippen LogP contribution in [-0.2, 0) is 0 Å². The first kappa shape index (κ1) is 6.56. The van der Waals surface area contributed by atoms with E-state index in [2.05, 4.69) is 9.97 Å². The van der Waals surface area contributed by atoms with Crippen molar-refractivity contribution in [2.75, 3.05) is 0 Å². The molecular weight excluding hydrogens is 258 g/mol. The number of nitrogens with zero attached hydrogens (tertiary/aromatic N) is 2. The van der Waals surface area contributed by atoms with Crippen LogP contribution in [0.2, 0.25) is 0 Å². The number of hydrogen-bond acceptors (Lipinski definition) is 2. The molecule has 0 aromatic carbocycles. The molecule has 0 spiro atoms. The van der Waals surface area contributed by atoms with Gasteiger partial charge in [0.2, 0.25) is 0 Å². The minimum atomic E-state index is 0.487. The fourth-order valence-electron chi connectivity index (χ4n) is 0.675. The Bertz CT molecular complexity index is 253. The summed E-state index contributed by atoms with van der Waals surface area (Å²) in [6.07, 6.45) is 3.92. The van der Waals surface area contributed by atoms with Gasteiger partial charge >= 0.3 is 70.4 Å². The van der Waals surface area contributed by atoms with Crippen molar-refractivity contribution in [2.45, 2.75) is 0 Å². The van der Waals surface area contributed by atoms with Gasteiger partial charge < -0.3 is 0 Å². The quantitative estimate of drug-likeness (QED) is 0.689. The van der Waals surface area contributed by atoms with Crippen molar-refractivity contribution >= 4 is 29.0 Å². The summed E-state index contributed by atoms with van der Waals surface area (Å²) in [4.78, 5) is 8.13. The van der Waals surface area contributed by atoms with Crippen LogP contribution in [0.15, 0.2) is 22.5 Å². The van der Waals surface area contributed by atoms with E-state index in [0.717, 1.165) is 0 Å². The van der Waals surface area contributed by atoms with Gasteiger partial charge in [0.25, 0.3) is 0 Å². The van der Waals surface area contributed by atoms with Crippen LogP contribution in [0.25, 0.3) is 8.87 Å². The van der Waals surface area contributed by atoms with Gasteiger partial charge in [-0.1, -0.05) is 0 Å². The second kappa shape index (κ2) is 2.85. The number of rotatable bonds is 1. The third-order valence-electron chi connectivity index (χ3n) is 1.11. The fourth-order valence-corrected chi connectivity index (χ4v) is 3.93. The van der Waals surface area contributed by atoms with E-state index in [1.165, 1.54) is 8.87 Å². The summed E-state index contributed by atoms with van der Waals surface area (Å²) in [5.41, 5.74) is 0. The second-order valence-corrected chi connectivity index (χ2v) is 5.45. The Morgan fingerprint density at radius 1 is 0.900 bits per heavy atom. The van der Waals surface area contributed by atoms with E-state index < -0.39 is 0 Å². The average Bonchev–Trinajstić information content (AvgIpc) is 2.59. The van der Waals surface area contributed by atoms with Gasteiger partial charge in [-0.05, 0) is 0 Å². The summed E-state index contributed by atoms with van der Waals surface area (Å²) in [5.74, 6) is 0. The van der Waals surface area contributed by atoms with E-state index in [-0.39, 0.29) is 0 Å². The molecule has 0 aliphatic heterocycles. The molecule has 2 aromatic heterocycles. The summed E-state index contributed by atoms with van der Waals surface area (Å²) >= 11 is 0.975. The van der Waals surface area contributed by atoms with Gasteiger partial charge in [-0.3, -0.25) is 0 Å². The third kappa shape index (κ3) is 1.16. The van der Waals surface area contributed by atoms with Crippen molar-refractivity contribution in [3.05, 3.63) is 22.5 Å². The summed E-state index contributed by atoms with van der Waals surface area (Å²) in [7, 11) is 0. The summed E-state index contributed by atoms with van der Waals surface area (Å²) in [6.45, 7) is 0. The van der Waals surface area contributed by atoms with Gasteiger partial charge in [-0.25, -0.2) is 0 Å². The first-order valence-electron chi connectivity index (χ1n) is 2.74. The molecule has 0 aliphatic rings. The molecule has 0 N–H and O–H groups in total. The van der Waals surface area contributed by atoms with Crippen LogP contribution in [0.4, 0.5) is 0 Å². The van der Waals surface area contributed by atoms with Crippen LogP contribution in [0, 0.1) is 0 Å². The Morgan fingerprint density at radius 3 is 1.70 bits per heavy atom. The summed E-state index contributed by atoms with van der Waals surface area (Å²) in [5, 5.41) is 4.00. The van der Waals surface area contributed by atoms with Crippen LogP contribution < -0.4 is 0 Å². The molecule has 0 atom stereocenters. The van der Waals surface area contributed by atoms with Crippen molar-refractivity contribution in [3.63, 3.8) is 0 Å². The maximum absolute atomic E-state index is 4.06. The summed E-state index contributed by atoms with van der Waals surface area (Å²) < 4.78 is 2.81. The first-order valence-corrected chi connectivity index (χ1v) is 6.43. The number of aromatic nitrogens is 2. The molecule has 0 unspecified atom stereocenters. The Balaban J connectivity index is 2.48. The van der Waals surface area contributed by atoms with Gasteiger partial charge in [0.1, 0.15) is 0 Å². The molecule has 2 nitrogen and oxygen atoms in total. The molecule has 2 aromatic rings. The van der Waals surface area contributed by atoms with E-state index in [4.69, 9.17) is 0 Å². The molecule has 0 aliphatic carbocycles. The van der Waals surface area contributed by atoms with Crippen molar-refractivity contribution in [1.82, 2.24) is 9.97 Å². The SMILES string of the molecule is c1ncc(-c2cnc[se]2)[se]1. The van der Waals surface area contributed by atoms with E-state index in [1.54, 1.807) is 0 Å². The zero-order chi connectivity index (χ0) is 6.81. The third-order valence-corrected chi connectivity index (χ3v) is 5.15. The Labute approximate surface area is 70.4 Å². The molecule has 2 rings (SSSR count). The molecule has 0 saturated carbocycles. The molecule has 0 saturated heterocycles. The number of hydrogen-bond donors (Lipinski definition) is 0. The predicted molar refractivity (Wildman–Crippen MR) is 41.3 cm³/mol. The zero-order valence-corrected chi connectivity index (χ0v) is 8.45. The fraction of sp³-hybridized carbons (Fsp3) is 0. The van der Waals surface area contributed by atoms with Crippen LogP contribution in [0.5, 0.6) is 0 Å². The zero-order valence-electron chi connectivity index (χ0n) is 5.02. The molecule has 2 heterocycles. The Kier molecular flexibility index (Phi) is 1.87. The van der Waals surface area contributed by atoms with Crippen molar-refractivity contribution in [3.8, 4) is 8.87 Å². The molecule has 50 valence electrons. The normalized spacial score (nSPS) is 10.0. The van der Waals surface area contributed by atoms with E-state index in [1.807, 2.05) is 22.5 Å². The molecular formula is C6H4N2Se2. The Hall–Kier alpha value is -0.141. The van der Waals surface area contributed by atoms with Crippen molar-refractivity contribution in [2.24, 2.45) is 0 Å². The average molecular weight is 262 g/mol. The van der Waals surface area contributed by atoms with Gasteiger partial charge in [0, 0.05) is 0 Å². The van der Waals surface area contributed by atoms with Crippen molar-refractivity contribution < 1.29 is 0 Å². The molecule has 0 radical (unpaired) electrons. The van der Waals surface area contributed by atoms with Gasteiger partial charge in [-0.2, -0.15) is 0 Å². The first-order chi connectivity index (χ1) is 4.97. The Morgan fingerprint density at radius 2 is 1.40 bits per heavy atom. The van der Waals surface area contributed by atoms with E-state index >= 15 is 0 Å². The molecule has 0 amide bonds. The topological polar surface area (TPSA) is 25.8 Å². The second-order valence-electron chi connectivity index (χ2n) is 1.73. The van der Waals surface area contributed by atoms with Gasteiger partial charge in [0.15, 0.2) is 0 Å². The van der Waals surface area contributed by atoms with Crippen LogP contribution in [-0.4, -0.2) is 39.0 Å². The van der Waals surface area contributed by atoms with Crippen LogP contribution in [0.1, 0.15) is 0 Å². The van der Waals surface area contributed by atoms with Gasteiger partial charge in [0.05, 0.1) is 0 Å². The molecule has 0 fully saturated rings. The van der Waals surface area contributed by atoms with E-state index in [0.29, 0.717) is 29.0 Å². The van der Waals surface area contributed by atoms with Crippen LogP contribution >= 0.6 is 0 Å². The minimum absolute atomic E-state index is 0.487. The molecule has 4 heteroatoms. The van der Waals surface area contributed by atoms with E-state index in [9.17, 15) is 0 Å². The van der Waals surface area contributed by atoms with Gasteiger partial charge in [-0.15, -0.1) is 0 Å². The van der Waals surface area contributed by atoms with Crippen LogP contribution in [0.3, 0.4) is 0 Å². The molecule has 0 bridgehead atoms. The standard InChI is InChI=1S/C6H4N2Se2/c1-5(9-3-7-1)6-2-8-4-10-6/h1-4H.